The third kappa shape index (κ3) is 3.76. The fourth-order valence-corrected chi connectivity index (χ4v) is 2.14. The van der Waals surface area contributed by atoms with E-state index in [4.69, 9.17) is 14.7 Å². The fourth-order valence-electron chi connectivity index (χ4n) is 2.14. The van der Waals surface area contributed by atoms with Gasteiger partial charge in [-0.2, -0.15) is 5.26 Å². The highest BCUT2D eigenvalue weighted by molar-refractivity contribution is 5.43. The van der Waals surface area contributed by atoms with Crippen molar-refractivity contribution in [3.8, 4) is 17.6 Å². The second kappa shape index (κ2) is 6.81. The normalized spacial score (nSPS) is 10.0. The standard InChI is InChI=1S/C18H19NO2/c1-13-10-14(2)15(3)18(11-13)21-9-8-20-17-7-5-4-6-16(17)12-19/h4-7,10-11H,8-9H2,1-3H3. The second-order valence-corrected chi connectivity index (χ2v) is 5.01. The summed E-state index contributed by atoms with van der Waals surface area (Å²) in [6.45, 7) is 7.04. The molecule has 2 aromatic carbocycles. The van der Waals surface area contributed by atoms with Gasteiger partial charge in [-0.3, -0.25) is 0 Å². The van der Waals surface area contributed by atoms with E-state index in [2.05, 4.69) is 32.9 Å². The Morgan fingerprint density at radius 3 is 2.33 bits per heavy atom. The van der Waals surface area contributed by atoms with E-state index in [1.807, 2.05) is 18.2 Å². The molecule has 3 nitrogen and oxygen atoms in total. The number of nitrogens with zero attached hydrogens (tertiary/aromatic N) is 1. The molecule has 0 atom stereocenters. The summed E-state index contributed by atoms with van der Waals surface area (Å²) < 4.78 is 11.4. The number of rotatable bonds is 5. The molecule has 21 heavy (non-hydrogen) atoms. The van der Waals surface area contributed by atoms with Crippen LogP contribution in [0.15, 0.2) is 36.4 Å². The SMILES string of the molecule is Cc1cc(C)c(C)c(OCCOc2ccccc2C#N)c1. The first-order chi connectivity index (χ1) is 10.1. The summed E-state index contributed by atoms with van der Waals surface area (Å²) in [5.41, 5.74) is 4.10. The Balaban J connectivity index is 1.92. The zero-order valence-electron chi connectivity index (χ0n) is 12.6. The van der Waals surface area contributed by atoms with Crippen molar-refractivity contribution in [3.05, 3.63) is 58.7 Å². The largest absolute Gasteiger partial charge is 0.490 e. The van der Waals surface area contributed by atoms with E-state index in [9.17, 15) is 0 Å². The minimum atomic E-state index is 0.408. The van der Waals surface area contributed by atoms with Gasteiger partial charge in [0.05, 0.1) is 5.56 Å². The van der Waals surface area contributed by atoms with Crippen LogP contribution < -0.4 is 9.47 Å². The molecule has 0 spiro atoms. The number of hydrogen-bond acceptors (Lipinski definition) is 3. The van der Waals surface area contributed by atoms with Gasteiger partial charge in [0.2, 0.25) is 0 Å². The van der Waals surface area contributed by atoms with E-state index in [1.165, 1.54) is 11.1 Å². The van der Waals surface area contributed by atoms with Gasteiger partial charge < -0.3 is 9.47 Å². The van der Waals surface area contributed by atoms with Crippen LogP contribution in [0.1, 0.15) is 22.3 Å². The average molecular weight is 281 g/mol. The van der Waals surface area contributed by atoms with Gasteiger partial charge in [0.25, 0.3) is 0 Å². The summed E-state index contributed by atoms with van der Waals surface area (Å²) in [5.74, 6) is 1.49. The predicted molar refractivity (Wildman–Crippen MR) is 82.8 cm³/mol. The van der Waals surface area contributed by atoms with E-state index in [1.54, 1.807) is 12.1 Å². The van der Waals surface area contributed by atoms with Gasteiger partial charge in [-0.1, -0.05) is 18.2 Å². The number of hydrogen-bond donors (Lipinski definition) is 0. The molecule has 2 rings (SSSR count). The topological polar surface area (TPSA) is 42.2 Å². The van der Waals surface area contributed by atoms with Gasteiger partial charge in [-0.15, -0.1) is 0 Å². The third-order valence-electron chi connectivity index (χ3n) is 3.37. The number of para-hydroxylation sites is 1. The van der Waals surface area contributed by atoms with Crippen LogP contribution in [-0.4, -0.2) is 13.2 Å². The van der Waals surface area contributed by atoms with Crippen molar-refractivity contribution in [3.63, 3.8) is 0 Å². The van der Waals surface area contributed by atoms with Crippen molar-refractivity contribution in [2.24, 2.45) is 0 Å². The highest BCUT2D eigenvalue weighted by atomic mass is 16.5. The van der Waals surface area contributed by atoms with Gasteiger partial charge in [0, 0.05) is 0 Å². The van der Waals surface area contributed by atoms with Crippen LogP contribution in [0.2, 0.25) is 0 Å². The maximum atomic E-state index is 8.99. The molecule has 0 amide bonds. The lowest BCUT2D eigenvalue weighted by Crippen LogP contribution is -2.10. The van der Waals surface area contributed by atoms with E-state index in [-0.39, 0.29) is 0 Å². The molecule has 0 bridgehead atoms. The predicted octanol–water partition coefficient (Wildman–Crippen LogP) is 3.94. The van der Waals surface area contributed by atoms with Crippen molar-refractivity contribution < 1.29 is 9.47 Å². The van der Waals surface area contributed by atoms with E-state index >= 15 is 0 Å². The van der Waals surface area contributed by atoms with Gasteiger partial charge in [0.15, 0.2) is 0 Å². The summed E-state index contributed by atoms with van der Waals surface area (Å²) in [6.07, 6.45) is 0. The molecular formula is C18H19NO2. The van der Waals surface area contributed by atoms with Gasteiger partial charge in [-0.25, -0.2) is 0 Å². The summed E-state index contributed by atoms with van der Waals surface area (Å²) >= 11 is 0. The number of ether oxygens (including phenoxy) is 2. The highest BCUT2D eigenvalue weighted by Gasteiger charge is 2.05. The van der Waals surface area contributed by atoms with Crippen molar-refractivity contribution in [2.75, 3.05) is 13.2 Å². The zero-order valence-corrected chi connectivity index (χ0v) is 12.6. The van der Waals surface area contributed by atoms with Crippen LogP contribution in [-0.2, 0) is 0 Å². The second-order valence-electron chi connectivity index (χ2n) is 5.01. The lowest BCUT2D eigenvalue weighted by molar-refractivity contribution is 0.216. The summed E-state index contributed by atoms with van der Waals surface area (Å²) in [7, 11) is 0. The van der Waals surface area contributed by atoms with Crippen LogP contribution in [0.5, 0.6) is 11.5 Å². The first-order valence-corrected chi connectivity index (χ1v) is 6.94. The molecule has 0 N–H and O–H groups in total. The summed E-state index contributed by atoms with van der Waals surface area (Å²) in [5, 5.41) is 8.99. The monoisotopic (exact) mass is 281 g/mol. The van der Waals surface area contributed by atoms with Crippen molar-refractivity contribution >= 4 is 0 Å². The third-order valence-corrected chi connectivity index (χ3v) is 3.37. The van der Waals surface area contributed by atoms with E-state index in [0.29, 0.717) is 24.5 Å². The molecule has 0 unspecified atom stereocenters. The van der Waals surface area contributed by atoms with Crippen LogP contribution in [0, 0.1) is 32.1 Å². The molecule has 0 aliphatic rings. The van der Waals surface area contributed by atoms with E-state index < -0.39 is 0 Å². The lowest BCUT2D eigenvalue weighted by Gasteiger charge is -2.13. The Hall–Kier alpha value is -2.47. The Labute approximate surface area is 125 Å². The first-order valence-electron chi connectivity index (χ1n) is 6.94. The maximum absolute atomic E-state index is 8.99. The average Bonchev–Trinajstić information content (AvgIpc) is 2.48. The Kier molecular flexibility index (Phi) is 4.84. The van der Waals surface area contributed by atoms with Crippen molar-refractivity contribution in [2.45, 2.75) is 20.8 Å². The van der Waals surface area contributed by atoms with Gasteiger partial charge >= 0.3 is 0 Å². The molecule has 0 saturated heterocycles. The molecule has 0 saturated carbocycles. The number of aryl methyl sites for hydroxylation is 2. The molecule has 3 heteroatoms. The Morgan fingerprint density at radius 1 is 0.952 bits per heavy atom. The fraction of sp³-hybridized carbons (Fsp3) is 0.278. The van der Waals surface area contributed by atoms with Crippen LogP contribution in [0.25, 0.3) is 0 Å². The van der Waals surface area contributed by atoms with E-state index in [0.717, 1.165) is 11.3 Å². The van der Waals surface area contributed by atoms with Crippen LogP contribution in [0.3, 0.4) is 0 Å². The van der Waals surface area contributed by atoms with Crippen LogP contribution in [0.4, 0.5) is 0 Å². The summed E-state index contributed by atoms with van der Waals surface area (Å²) in [4.78, 5) is 0. The van der Waals surface area contributed by atoms with Gasteiger partial charge in [-0.05, 0) is 55.7 Å². The first kappa shape index (κ1) is 14.9. The maximum Gasteiger partial charge on any atom is 0.137 e. The molecule has 108 valence electrons. The Morgan fingerprint density at radius 2 is 1.62 bits per heavy atom. The smallest absolute Gasteiger partial charge is 0.137 e. The van der Waals surface area contributed by atoms with Crippen molar-refractivity contribution in [1.82, 2.24) is 0 Å². The van der Waals surface area contributed by atoms with Crippen molar-refractivity contribution in [1.29, 1.82) is 5.26 Å². The van der Waals surface area contributed by atoms with Gasteiger partial charge in [0.1, 0.15) is 30.8 Å². The highest BCUT2D eigenvalue weighted by Crippen LogP contribution is 2.23. The molecule has 0 radical (unpaired) electrons. The minimum Gasteiger partial charge on any atom is -0.490 e. The summed E-state index contributed by atoms with van der Waals surface area (Å²) in [6, 6.07) is 13.5. The molecule has 0 aliphatic heterocycles. The molecule has 0 aromatic heterocycles. The van der Waals surface area contributed by atoms with Crippen LogP contribution >= 0.6 is 0 Å². The Bertz CT molecular complexity index is 671. The quantitative estimate of drug-likeness (QED) is 0.779. The number of benzene rings is 2. The molecule has 2 aromatic rings. The molecule has 0 aliphatic carbocycles. The minimum absolute atomic E-state index is 0.408. The number of nitriles is 1. The lowest BCUT2D eigenvalue weighted by atomic mass is 10.1. The molecule has 0 fully saturated rings. The molecular weight excluding hydrogens is 262 g/mol. The molecule has 0 heterocycles. The zero-order chi connectivity index (χ0) is 15.2.